The molecule has 1 amide bonds. The van der Waals surface area contributed by atoms with Crippen LogP contribution < -0.4 is 10.9 Å². The molecule has 10 nitrogen and oxygen atoms in total. The lowest BCUT2D eigenvalue weighted by Gasteiger charge is -2.31. The highest BCUT2D eigenvalue weighted by atomic mass is 19.1. The summed E-state index contributed by atoms with van der Waals surface area (Å²) in [5.74, 6) is -1.34. The zero-order chi connectivity index (χ0) is 29.8. The predicted octanol–water partition coefficient (Wildman–Crippen LogP) is 3.49. The van der Waals surface area contributed by atoms with Crippen LogP contribution in [0, 0.1) is 12.7 Å². The van der Waals surface area contributed by atoms with Gasteiger partial charge in [-0.25, -0.2) is 19.0 Å². The predicted molar refractivity (Wildman–Crippen MR) is 149 cm³/mol. The van der Waals surface area contributed by atoms with Gasteiger partial charge in [0.1, 0.15) is 19.0 Å². The van der Waals surface area contributed by atoms with Gasteiger partial charge in [0, 0.05) is 22.6 Å². The molecule has 0 saturated carbocycles. The van der Waals surface area contributed by atoms with Crippen molar-refractivity contribution in [1.82, 2.24) is 14.9 Å². The highest BCUT2D eigenvalue weighted by molar-refractivity contribution is 5.90. The Bertz CT molecular complexity index is 1820. The monoisotopic (exact) mass is 573 g/mol. The van der Waals surface area contributed by atoms with Crippen LogP contribution in [0.3, 0.4) is 0 Å². The molecule has 4 aromatic rings. The topological polar surface area (TPSA) is 140 Å². The number of fused-ring (bicyclic) bond motifs is 5. The number of aliphatic hydroxyl groups excluding tert-OH is 1. The number of esters is 1. The molecule has 2 atom stereocenters. The van der Waals surface area contributed by atoms with E-state index in [4.69, 9.17) is 14.5 Å². The standard InChI is InChI=1S/C31H28FN3O7/c1-3-31(40)21-10-25-27-19(12-35(25)28(37)20(21)15-41-29(31)38)26(18-9-16(2)22(32)11-23(18)33-27)24(13-36)34-30(39)42-14-17-7-5-4-6-8-17/h4-11,24,36,40H,3,12-15H2,1-2H3,(H,34,39)/t24-,31+/m1/s1. The van der Waals surface area contributed by atoms with Crippen molar-refractivity contribution in [3.05, 3.63) is 98.1 Å². The normalized spacial score (nSPS) is 17.7. The Morgan fingerprint density at radius 1 is 1.21 bits per heavy atom. The largest absolute Gasteiger partial charge is 0.458 e. The number of benzene rings is 2. The summed E-state index contributed by atoms with van der Waals surface area (Å²) in [4.78, 5) is 43.7. The van der Waals surface area contributed by atoms with Crippen LogP contribution in [-0.4, -0.2) is 38.4 Å². The summed E-state index contributed by atoms with van der Waals surface area (Å²) >= 11 is 0. The van der Waals surface area contributed by atoms with Crippen LogP contribution in [-0.2, 0) is 39.6 Å². The number of amides is 1. The maximum Gasteiger partial charge on any atom is 0.408 e. The van der Waals surface area contributed by atoms with Crippen LogP contribution in [0.1, 0.15) is 52.8 Å². The maximum absolute atomic E-state index is 14.7. The van der Waals surface area contributed by atoms with Gasteiger partial charge in [-0.1, -0.05) is 37.3 Å². The molecule has 0 bridgehead atoms. The Hall–Kier alpha value is -4.61. The van der Waals surface area contributed by atoms with Crippen LogP contribution >= 0.6 is 0 Å². The van der Waals surface area contributed by atoms with Gasteiger partial charge in [0.25, 0.3) is 5.56 Å². The number of alkyl carbamates (subject to hydrolysis) is 1. The molecular weight excluding hydrogens is 545 g/mol. The second-order valence-corrected chi connectivity index (χ2v) is 10.5. The van der Waals surface area contributed by atoms with Gasteiger partial charge in [-0.3, -0.25) is 4.79 Å². The average Bonchev–Trinajstić information content (AvgIpc) is 3.35. The first-order valence-electron chi connectivity index (χ1n) is 13.5. The zero-order valence-electron chi connectivity index (χ0n) is 22.9. The van der Waals surface area contributed by atoms with Gasteiger partial charge < -0.3 is 29.6 Å². The van der Waals surface area contributed by atoms with Crippen LogP contribution in [0.15, 0.2) is 53.3 Å². The number of hydrogen-bond acceptors (Lipinski definition) is 8. The third kappa shape index (κ3) is 4.32. The van der Waals surface area contributed by atoms with E-state index in [1.807, 2.05) is 30.3 Å². The van der Waals surface area contributed by atoms with E-state index in [0.717, 1.165) is 5.56 Å². The molecule has 0 saturated heterocycles. The van der Waals surface area contributed by atoms with Gasteiger partial charge in [0.15, 0.2) is 5.60 Å². The van der Waals surface area contributed by atoms with E-state index in [2.05, 4.69) is 5.32 Å². The molecule has 0 radical (unpaired) electrons. The Balaban J connectivity index is 1.49. The van der Waals surface area contributed by atoms with Crippen LogP contribution in [0.25, 0.3) is 22.3 Å². The molecule has 0 unspecified atom stereocenters. The Morgan fingerprint density at radius 3 is 2.69 bits per heavy atom. The summed E-state index contributed by atoms with van der Waals surface area (Å²) in [7, 11) is 0. The second-order valence-electron chi connectivity index (χ2n) is 10.5. The lowest BCUT2D eigenvalue weighted by Crippen LogP contribution is -2.44. The van der Waals surface area contributed by atoms with Crippen LogP contribution in [0.4, 0.5) is 9.18 Å². The van der Waals surface area contributed by atoms with E-state index in [0.29, 0.717) is 33.5 Å². The molecule has 11 heteroatoms. The minimum Gasteiger partial charge on any atom is -0.458 e. The summed E-state index contributed by atoms with van der Waals surface area (Å²) in [5.41, 5.74) is 0.809. The van der Waals surface area contributed by atoms with Gasteiger partial charge in [0.05, 0.1) is 41.7 Å². The second kappa shape index (κ2) is 10.3. The molecule has 0 fully saturated rings. The lowest BCUT2D eigenvalue weighted by atomic mass is 9.86. The minimum atomic E-state index is -2.01. The quantitative estimate of drug-likeness (QED) is 0.262. The van der Waals surface area contributed by atoms with Crippen molar-refractivity contribution in [3.63, 3.8) is 0 Å². The van der Waals surface area contributed by atoms with Crippen molar-refractivity contribution in [1.29, 1.82) is 0 Å². The number of nitrogens with zero attached hydrogens (tertiary/aromatic N) is 2. The fraction of sp³-hybridized carbons (Fsp3) is 0.290. The fourth-order valence-corrected chi connectivity index (χ4v) is 5.75. The summed E-state index contributed by atoms with van der Waals surface area (Å²) in [6, 6.07) is 12.5. The van der Waals surface area contributed by atoms with Crippen LogP contribution in [0.5, 0.6) is 0 Å². The molecule has 2 aliphatic rings. The average molecular weight is 574 g/mol. The molecule has 4 heterocycles. The van der Waals surface area contributed by atoms with Crippen LogP contribution in [0.2, 0.25) is 0 Å². The number of ether oxygens (including phenoxy) is 2. The van der Waals surface area contributed by atoms with Gasteiger partial charge >= 0.3 is 12.1 Å². The van der Waals surface area contributed by atoms with E-state index in [1.54, 1.807) is 26.0 Å². The number of carbonyl (C=O) groups is 2. The van der Waals surface area contributed by atoms with Gasteiger partial charge in [-0.15, -0.1) is 0 Å². The third-order valence-electron chi connectivity index (χ3n) is 8.05. The van der Waals surface area contributed by atoms with Crippen molar-refractivity contribution in [2.45, 2.75) is 51.7 Å². The van der Waals surface area contributed by atoms with E-state index in [1.165, 1.54) is 10.6 Å². The first-order valence-corrected chi connectivity index (χ1v) is 13.5. The molecule has 2 aromatic heterocycles. The highest BCUT2D eigenvalue weighted by Gasteiger charge is 2.45. The van der Waals surface area contributed by atoms with Gasteiger partial charge in [0.2, 0.25) is 0 Å². The molecule has 3 N–H and O–H groups in total. The summed E-state index contributed by atoms with van der Waals surface area (Å²) in [6.45, 7) is 2.43. The van der Waals surface area contributed by atoms with E-state index >= 15 is 0 Å². The van der Waals surface area contributed by atoms with Gasteiger partial charge in [-0.2, -0.15) is 0 Å². The van der Waals surface area contributed by atoms with Crippen molar-refractivity contribution in [2.24, 2.45) is 0 Å². The Morgan fingerprint density at radius 2 is 1.98 bits per heavy atom. The first kappa shape index (κ1) is 27.6. The number of carbonyl (C=O) groups excluding carboxylic acids is 2. The van der Waals surface area contributed by atoms with Crippen molar-refractivity contribution >= 4 is 23.0 Å². The number of pyridine rings is 2. The number of cyclic esters (lactones) is 1. The summed E-state index contributed by atoms with van der Waals surface area (Å²) in [6.07, 6.45) is -0.792. The molecular formula is C31H28FN3O7. The number of rotatable bonds is 6. The molecule has 0 spiro atoms. The van der Waals surface area contributed by atoms with E-state index < -0.39 is 41.7 Å². The SMILES string of the molecule is CC[C@@]1(O)C(=O)OCc2c1cc1n(c2=O)Cc2c-1nc1cc(F)c(C)cc1c2[C@@H](CO)NC(=O)OCc1ccccc1. The molecule has 42 heavy (non-hydrogen) atoms. The van der Waals surface area contributed by atoms with Crippen molar-refractivity contribution in [3.8, 4) is 11.4 Å². The minimum absolute atomic E-state index is 0.0118. The molecule has 216 valence electrons. The number of nitrogens with one attached hydrogen (secondary N) is 1. The number of aromatic nitrogens is 2. The molecule has 0 aliphatic carbocycles. The zero-order valence-corrected chi connectivity index (χ0v) is 22.9. The summed E-state index contributed by atoms with van der Waals surface area (Å²) in [5, 5.41) is 24.8. The van der Waals surface area contributed by atoms with Crippen molar-refractivity contribution in [2.75, 3.05) is 6.61 Å². The number of aliphatic hydroxyl groups is 2. The molecule has 2 aromatic carbocycles. The first-order chi connectivity index (χ1) is 20.2. The molecule has 2 aliphatic heterocycles. The fourth-order valence-electron chi connectivity index (χ4n) is 5.75. The lowest BCUT2D eigenvalue weighted by molar-refractivity contribution is -0.172. The Kier molecular flexibility index (Phi) is 6.78. The number of aryl methyl sites for hydroxylation is 1. The summed E-state index contributed by atoms with van der Waals surface area (Å²) < 4.78 is 26.7. The molecule has 6 rings (SSSR count). The van der Waals surface area contributed by atoms with E-state index in [9.17, 15) is 29.0 Å². The Labute approximate surface area is 239 Å². The smallest absolute Gasteiger partial charge is 0.408 e. The van der Waals surface area contributed by atoms with Crippen molar-refractivity contribution < 1.29 is 33.7 Å². The van der Waals surface area contributed by atoms with Gasteiger partial charge in [-0.05, 0) is 42.2 Å². The third-order valence-corrected chi connectivity index (χ3v) is 8.05. The number of hydrogen-bond donors (Lipinski definition) is 3. The van der Waals surface area contributed by atoms with E-state index in [-0.39, 0.29) is 42.8 Å². The highest BCUT2D eigenvalue weighted by Crippen LogP contribution is 2.42. The number of halogens is 1. The maximum atomic E-state index is 14.7.